The van der Waals surface area contributed by atoms with Crippen molar-refractivity contribution in [1.82, 2.24) is 19.4 Å². The molecule has 1 saturated heterocycles. The average molecular weight is 416 g/mol. The fourth-order valence-electron chi connectivity index (χ4n) is 3.93. The van der Waals surface area contributed by atoms with Crippen LogP contribution in [0.5, 0.6) is 0 Å². The molecule has 0 radical (unpaired) electrons. The van der Waals surface area contributed by atoms with Gasteiger partial charge in [0.25, 0.3) is 17.6 Å². The summed E-state index contributed by atoms with van der Waals surface area (Å²) < 4.78 is 1.84. The Morgan fingerprint density at radius 2 is 1.81 bits per heavy atom. The third kappa shape index (κ3) is 4.12. The molecule has 0 aliphatic carbocycles. The summed E-state index contributed by atoms with van der Waals surface area (Å²) in [5, 5.41) is 0. The smallest absolute Gasteiger partial charge is 0.295 e. The SMILES string of the molecule is Cc1cc(-n2ccnc2)ccc1C(=O)C(=O)N1CCN(C(=O)c2ccccc2)C[C@H]1C. The van der Waals surface area contributed by atoms with Gasteiger partial charge in [0.05, 0.1) is 6.33 Å². The van der Waals surface area contributed by atoms with Crippen molar-refractivity contribution in [2.75, 3.05) is 19.6 Å². The maximum atomic E-state index is 13.0. The van der Waals surface area contributed by atoms with Crippen LogP contribution < -0.4 is 0 Å². The van der Waals surface area contributed by atoms with E-state index in [-0.39, 0.29) is 11.9 Å². The van der Waals surface area contributed by atoms with Crippen molar-refractivity contribution >= 4 is 17.6 Å². The van der Waals surface area contributed by atoms with Crippen molar-refractivity contribution in [3.63, 3.8) is 0 Å². The zero-order valence-electron chi connectivity index (χ0n) is 17.6. The first-order valence-electron chi connectivity index (χ1n) is 10.2. The highest BCUT2D eigenvalue weighted by molar-refractivity contribution is 6.43. The number of carbonyl (C=O) groups excluding carboxylic acids is 3. The normalized spacial score (nSPS) is 16.3. The molecule has 0 unspecified atom stereocenters. The monoisotopic (exact) mass is 416 g/mol. The molecular formula is C24H24N4O3. The van der Waals surface area contributed by atoms with E-state index in [0.717, 1.165) is 11.3 Å². The minimum atomic E-state index is -0.530. The second-order valence-corrected chi connectivity index (χ2v) is 7.76. The molecule has 7 nitrogen and oxygen atoms in total. The van der Waals surface area contributed by atoms with Gasteiger partial charge in [-0.15, -0.1) is 0 Å². The lowest BCUT2D eigenvalue weighted by atomic mass is 10.0. The van der Waals surface area contributed by atoms with E-state index in [1.807, 2.05) is 48.9 Å². The number of aromatic nitrogens is 2. The Morgan fingerprint density at radius 1 is 1.03 bits per heavy atom. The first-order valence-corrected chi connectivity index (χ1v) is 10.2. The number of piperazine rings is 1. The Morgan fingerprint density at radius 3 is 2.45 bits per heavy atom. The van der Waals surface area contributed by atoms with Gasteiger partial charge >= 0.3 is 0 Å². The van der Waals surface area contributed by atoms with Crippen molar-refractivity contribution in [3.8, 4) is 5.69 Å². The molecule has 1 aliphatic heterocycles. The van der Waals surface area contributed by atoms with Gasteiger partial charge < -0.3 is 14.4 Å². The number of rotatable bonds is 4. The topological polar surface area (TPSA) is 75.5 Å². The number of benzene rings is 2. The average Bonchev–Trinajstić information content (AvgIpc) is 3.33. The predicted octanol–water partition coefficient (Wildman–Crippen LogP) is 2.74. The van der Waals surface area contributed by atoms with Crippen molar-refractivity contribution < 1.29 is 14.4 Å². The molecule has 2 heterocycles. The van der Waals surface area contributed by atoms with Crippen LogP contribution in [0.25, 0.3) is 5.69 Å². The first-order chi connectivity index (χ1) is 15.0. The van der Waals surface area contributed by atoms with Crippen molar-refractivity contribution in [2.24, 2.45) is 0 Å². The van der Waals surface area contributed by atoms with E-state index < -0.39 is 11.7 Å². The van der Waals surface area contributed by atoms with Gasteiger partial charge in [0.1, 0.15) is 0 Å². The van der Waals surface area contributed by atoms with Gasteiger partial charge in [-0.3, -0.25) is 14.4 Å². The van der Waals surface area contributed by atoms with Gasteiger partial charge in [0.15, 0.2) is 0 Å². The lowest BCUT2D eigenvalue weighted by Gasteiger charge is -2.39. The largest absolute Gasteiger partial charge is 0.335 e. The summed E-state index contributed by atoms with van der Waals surface area (Å²) >= 11 is 0. The van der Waals surface area contributed by atoms with Crippen molar-refractivity contribution in [1.29, 1.82) is 0 Å². The molecule has 31 heavy (non-hydrogen) atoms. The van der Waals surface area contributed by atoms with E-state index in [0.29, 0.717) is 30.8 Å². The van der Waals surface area contributed by atoms with Crippen molar-refractivity contribution in [2.45, 2.75) is 19.9 Å². The Labute approximate surface area is 180 Å². The maximum absolute atomic E-state index is 13.0. The molecule has 0 bridgehead atoms. The quantitative estimate of drug-likeness (QED) is 0.484. The molecule has 158 valence electrons. The van der Waals surface area contributed by atoms with Gasteiger partial charge in [-0.1, -0.05) is 18.2 Å². The summed E-state index contributed by atoms with van der Waals surface area (Å²) in [5.41, 5.74) is 2.62. The highest BCUT2D eigenvalue weighted by Gasteiger charge is 2.33. The summed E-state index contributed by atoms with van der Waals surface area (Å²) in [6, 6.07) is 14.2. The number of Topliss-reactive ketones (excluding diaryl/α,β-unsaturated/α-hetero) is 1. The second kappa shape index (κ2) is 8.55. The highest BCUT2D eigenvalue weighted by atomic mass is 16.2. The number of hydrogen-bond donors (Lipinski definition) is 0. The van der Waals surface area contributed by atoms with Crippen LogP contribution in [0.4, 0.5) is 0 Å². The van der Waals surface area contributed by atoms with Crippen LogP contribution in [0, 0.1) is 6.92 Å². The molecule has 3 aromatic rings. The Kier molecular flexibility index (Phi) is 5.66. The standard InChI is InChI=1S/C24H24N4O3/c1-17-14-20(27-11-10-25-16-27)8-9-21(17)22(29)24(31)28-13-12-26(15-18(28)2)23(30)19-6-4-3-5-7-19/h3-11,14,16,18H,12-13,15H2,1-2H3/t18-/m1/s1. The molecular weight excluding hydrogens is 392 g/mol. The first kappa shape index (κ1) is 20.5. The number of ketones is 1. The fourth-order valence-corrected chi connectivity index (χ4v) is 3.93. The van der Waals surface area contributed by atoms with Crippen LogP contribution in [0.15, 0.2) is 67.3 Å². The molecule has 1 aromatic heterocycles. The maximum Gasteiger partial charge on any atom is 0.295 e. The Bertz CT molecular complexity index is 1110. The van der Waals surface area contributed by atoms with Gasteiger partial charge in [0, 0.05) is 54.9 Å². The number of amides is 2. The van der Waals surface area contributed by atoms with Gasteiger partial charge in [-0.2, -0.15) is 0 Å². The molecule has 1 atom stereocenters. The zero-order chi connectivity index (χ0) is 22.0. The molecule has 2 amide bonds. The molecule has 4 rings (SSSR count). The number of nitrogens with zero attached hydrogens (tertiary/aromatic N) is 4. The summed E-state index contributed by atoms with van der Waals surface area (Å²) in [7, 11) is 0. The van der Waals surface area contributed by atoms with E-state index in [1.54, 1.807) is 46.6 Å². The number of hydrogen-bond acceptors (Lipinski definition) is 4. The predicted molar refractivity (Wildman–Crippen MR) is 116 cm³/mol. The van der Waals surface area contributed by atoms with Gasteiger partial charge in [-0.25, -0.2) is 4.98 Å². The summed E-state index contributed by atoms with van der Waals surface area (Å²) in [4.78, 5) is 46.0. The van der Waals surface area contributed by atoms with E-state index in [1.165, 1.54) is 0 Å². The third-order valence-electron chi connectivity index (χ3n) is 5.65. The molecule has 0 spiro atoms. The number of aryl methyl sites for hydroxylation is 1. The van der Waals surface area contributed by atoms with Gasteiger partial charge in [-0.05, 0) is 49.7 Å². The highest BCUT2D eigenvalue weighted by Crippen LogP contribution is 2.19. The number of imidazole rings is 1. The van der Waals surface area contributed by atoms with Gasteiger partial charge in [0.2, 0.25) is 0 Å². The van der Waals surface area contributed by atoms with E-state index in [4.69, 9.17) is 0 Å². The summed E-state index contributed by atoms with van der Waals surface area (Å²) in [6.45, 7) is 4.81. The van der Waals surface area contributed by atoms with E-state index >= 15 is 0 Å². The minimum absolute atomic E-state index is 0.0585. The lowest BCUT2D eigenvalue weighted by Crippen LogP contribution is -2.56. The van der Waals surface area contributed by atoms with Crippen LogP contribution in [0.1, 0.15) is 33.2 Å². The third-order valence-corrected chi connectivity index (χ3v) is 5.65. The molecule has 2 aromatic carbocycles. The van der Waals surface area contributed by atoms with Crippen LogP contribution in [0.3, 0.4) is 0 Å². The summed E-state index contributed by atoms with van der Waals surface area (Å²) in [5.74, 6) is -1.11. The lowest BCUT2D eigenvalue weighted by molar-refractivity contribution is -0.130. The van der Waals surface area contributed by atoms with Crippen LogP contribution >= 0.6 is 0 Å². The van der Waals surface area contributed by atoms with Crippen LogP contribution in [-0.2, 0) is 4.79 Å². The molecule has 0 saturated carbocycles. The second-order valence-electron chi connectivity index (χ2n) is 7.76. The van der Waals surface area contributed by atoms with Crippen LogP contribution in [0.2, 0.25) is 0 Å². The molecule has 1 fully saturated rings. The zero-order valence-corrected chi connectivity index (χ0v) is 17.6. The Balaban J connectivity index is 1.45. The van der Waals surface area contributed by atoms with Crippen molar-refractivity contribution in [3.05, 3.63) is 83.9 Å². The molecule has 1 aliphatic rings. The van der Waals surface area contributed by atoms with E-state index in [9.17, 15) is 14.4 Å². The molecule has 7 heteroatoms. The van der Waals surface area contributed by atoms with E-state index in [2.05, 4.69) is 4.98 Å². The number of carbonyl (C=O) groups is 3. The van der Waals surface area contributed by atoms with Crippen LogP contribution in [-0.4, -0.2) is 62.6 Å². The minimum Gasteiger partial charge on any atom is -0.335 e. The Hall–Kier alpha value is -3.74. The summed E-state index contributed by atoms with van der Waals surface area (Å²) in [6.07, 6.45) is 5.18. The molecule has 0 N–H and O–H groups in total. The fraction of sp³-hybridized carbons (Fsp3) is 0.250.